The molecular weight excluding hydrogens is 248 g/mol. The molecule has 2 saturated heterocycles. The van der Waals surface area contributed by atoms with Crippen molar-refractivity contribution < 1.29 is 0 Å². The maximum Gasteiger partial charge on any atom is 0.193 e. The van der Waals surface area contributed by atoms with Gasteiger partial charge in [0.2, 0.25) is 0 Å². The fourth-order valence-corrected chi connectivity index (χ4v) is 3.57. The summed E-state index contributed by atoms with van der Waals surface area (Å²) in [6.07, 6.45) is 6.64. The van der Waals surface area contributed by atoms with Crippen molar-refractivity contribution in [3.8, 4) is 0 Å². The second kappa shape index (κ2) is 7.30. The van der Waals surface area contributed by atoms with Gasteiger partial charge in [0.15, 0.2) is 5.96 Å². The lowest BCUT2D eigenvalue weighted by atomic mass is 9.78. The fourth-order valence-electron chi connectivity index (χ4n) is 3.57. The smallest absolute Gasteiger partial charge is 0.193 e. The minimum Gasteiger partial charge on any atom is -0.355 e. The maximum absolute atomic E-state index is 4.49. The average molecular weight is 280 g/mol. The van der Waals surface area contributed by atoms with E-state index in [1.165, 1.54) is 45.2 Å². The van der Waals surface area contributed by atoms with Crippen molar-refractivity contribution in [2.75, 3.05) is 46.3 Å². The molecule has 2 aliphatic rings. The normalized spacial score (nSPS) is 28.4. The molecule has 0 amide bonds. The number of nitrogens with one attached hydrogen (secondary N) is 1. The number of piperidine rings is 1. The van der Waals surface area contributed by atoms with Crippen molar-refractivity contribution in [2.45, 2.75) is 46.0 Å². The van der Waals surface area contributed by atoms with Crippen molar-refractivity contribution in [3.63, 3.8) is 0 Å². The molecule has 20 heavy (non-hydrogen) atoms. The topological polar surface area (TPSA) is 30.9 Å². The predicted molar refractivity (Wildman–Crippen MR) is 86.2 cm³/mol. The first-order valence-corrected chi connectivity index (χ1v) is 8.35. The largest absolute Gasteiger partial charge is 0.355 e. The number of aliphatic imine (C=N–C) groups is 1. The summed E-state index contributed by atoms with van der Waals surface area (Å²) >= 11 is 0. The molecule has 4 heteroatoms. The fraction of sp³-hybridized carbons (Fsp3) is 0.938. The summed E-state index contributed by atoms with van der Waals surface area (Å²) in [6.45, 7) is 11.8. The van der Waals surface area contributed by atoms with E-state index in [0.29, 0.717) is 5.41 Å². The Kier molecular flexibility index (Phi) is 5.70. The van der Waals surface area contributed by atoms with E-state index in [4.69, 9.17) is 0 Å². The van der Waals surface area contributed by atoms with Crippen molar-refractivity contribution in [2.24, 2.45) is 10.4 Å². The van der Waals surface area contributed by atoms with Gasteiger partial charge in [0.1, 0.15) is 0 Å². The number of guanidine groups is 1. The van der Waals surface area contributed by atoms with Crippen LogP contribution in [0, 0.1) is 5.41 Å². The third-order valence-electron chi connectivity index (χ3n) is 4.81. The second-order valence-electron chi connectivity index (χ2n) is 6.75. The van der Waals surface area contributed by atoms with Gasteiger partial charge in [-0.1, -0.05) is 20.3 Å². The van der Waals surface area contributed by atoms with Crippen LogP contribution < -0.4 is 5.32 Å². The zero-order valence-corrected chi connectivity index (χ0v) is 13.6. The van der Waals surface area contributed by atoms with Crippen LogP contribution in [0.1, 0.15) is 46.0 Å². The molecule has 0 aromatic heterocycles. The lowest BCUT2D eigenvalue weighted by molar-refractivity contribution is 0.141. The van der Waals surface area contributed by atoms with E-state index in [2.05, 4.69) is 34.0 Å². The molecule has 0 aromatic carbocycles. The molecule has 0 saturated carbocycles. The molecule has 1 atom stereocenters. The van der Waals surface area contributed by atoms with Gasteiger partial charge in [-0.2, -0.15) is 0 Å². The van der Waals surface area contributed by atoms with Gasteiger partial charge in [-0.15, -0.1) is 0 Å². The molecule has 0 aromatic rings. The van der Waals surface area contributed by atoms with Crippen LogP contribution in [0.15, 0.2) is 4.99 Å². The standard InChI is InChI=1S/C16H32N4/c1-4-7-16(2)8-5-12-20(14-16)15(17-3)18-9-13-19-10-6-11-19/h4-14H2,1-3H3,(H,17,18). The summed E-state index contributed by atoms with van der Waals surface area (Å²) in [6, 6.07) is 0. The van der Waals surface area contributed by atoms with E-state index in [0.717, 1.165) is 32.1 Å². The highest BCUT2D eigenvalue weighted by Gasteiger charge is 2.31. The number of hydrogen-bond acceptors (Lipinski definition) is 2. The summed E-state index contributed by atoms with van der Waals surface area (Å²) in [4.78, 5) is 9.46. The van der Waals surface area contributed by atoms with Gasteiger partial charge in [0.05, 0.1) is 0 Å². The summed E-state index contributed by atoms with van der Waals surface area (Å²) in [7, 11) is 1.91. The van der Waals surface area contributed by atoms with E-state index >= 15 is 0 Å². The van der Waals surface area contributed by atoms with Gasteiger partial charge in [-0.3, -0.25) is 4.99 Å². The van der Waals surface area contributed by atoms with Crippen LogP contribution in [0.3, 0.4) is 0 Å². The van der Waals surface area contributed by atoms with E-state index in [1.807, 2.05) is 7.05 Å². The Hall–Kier alpha value is -0.770. The summed E-state index contributed by atoms with van der Waals surface area (Å²) < 4.78 is 0. The molecule has 0 spiro atoms. The SMILES string of the molecule is CCCC1(C)CCCN(C(=NC)NCCN2CCC2)C1. The van der Waals surface area contributed by atoms with E-state index in [-0.39, 0.29) is 0 Å². The Morgan fingerprint density at radius 3 is 2.65 bits per heavy atom. The molecule has 4 nitrogen and oxygen atoms in total. The highest BCUT2D eigenvalue weighted by molar-refractivity contribution is 5.80. The zero-order chi connectivity index (χ0) is 14.4. The highest BCUT2D eigenvalue weighted by Crippen LogP contribution is 2.33. The summed E-state index contributed by atoms with van der Waals surface area (Å²) in [5, 5.41) is 3.55. The van der Waals surface area contributed by atoms with Gasteiger partial charge >= 0.3 is 0 Å². The second-order valence-corrected chi connectivity index (χ2v) is 6.75. The summed E-state index contributed by atoms with van der Waals surface area (Å²) in [5.41, 5.74) is 0.474. The highest BCUT2D eigenvalue weighted by atomic mass is 15.3. The van der Waals surface area contributed by atoms with Crippen molar-refractivity contribution in [1.29, 1.82) is 0 Å². The third kappa shape index (κ3) is 4.11. The molecule has 1 N–H and O–H groups in total. The molecule has 0 radical (unpaired) electrons. The Morgan fingerprint density at radius 2 is 2.05 bits per heavy atom. The molecule has 2 rings (SSSR count). The Bertz CT molecular complexity index is 320. The lowest BCUT2D eigenvalue weighted by Crippen LogP contribution is -2.51. The first-order chi connectivity index (χ1) is 9.67. The summed E-state index contributed by atoms with van der Waals surface area (Å²) in [5.74, 6) is 1.10. The molecular formula is C16H32N4. The van der Waals surface area contributed by atoms with E-state index < -0.39 is 0 Å². The Morgan fingerprint density at radius 1 is 1.25 bits per heavy atom. The van der Waals surface area contributed by atoms with Crippen molar-refractivity contribution >= 4 is 5.96 Å². The maximum atomic E-state index is 4.49. The van der Waals surface area contributed by atoms with Crippen LogP contribution in [0.5, 0.6) is 0 Å². The van der Waals surface area contributed by atoms with Crippen molar-refractivity contribution in [3.05, 3.63) is 0 Å². The molecule has 1 unspecified atom stereocenters. The van der Waals surface area contributed by atoms with E-state index in [9.17, 15) is 0 Å². The Balaban J connectivity index is 1.80. The minimum atomic E-state index is 0.474. The Labute approximate surface area is 124 Å². The van der Waals surface area contributed by atoms with Crippen LogP contribution in [0.4, 0.5) is 0 Å². The average Bonchev–Trinajstić information content (AvgIpc) is 2.36. The van der Waals surface area contributed by atoms with Crippen LogP contribution in [-0.4, -0.2) is 62.1 Å². The predicted octanol–water partition coefficient (Wildman–Crippen LogP) is 2.17. The van der Waals surface area contributed by atoms with E-state index in [1.54, 1.807) is 0 Å². The first-order valence-electron chi connectivity index (χ1n) is 8.35. The van der Waals surface area contributed by atoms with Gasteiger partial charge in [0.25, 0.3) is 0 Å². The van der Waals surface area contributed by atoms with Gasteiger partial charge in [-0.05, 0) is 44.2 Å². The molecule has 2 fully saturated rings. The molecule has 0 aliphatic carbocycles. The quantitative estimate of drug-likeness (QED) is 0.618. The van der Waals surface area contributed by atoms with Crippen molar-refractivity contribution in [1.82, 2.24) is 15.1 Å². The monoisotopic (exact) mass is 280 g/mol. The van der Waals surface area contributed by atoms with Crippen LogP contribution >= 0.6 is 0 Å². The molecule has 2 heterocycles. The number of hydrogen-bond donors (Lipinski definition) is 1. The van der Waals surface area contributed by atoms with Gasteiger partial charge in [-0.25, -0.2) is 0 Å². The number of rotatable bonds is 5. The van der Waals surface area contributed by atoms with Crippen LogP contribution in [0.25, 0.3) is 0 Å². The molecule has 116 valence electrons. The number of likely N-dealkylation sites (tertiary alicyclic amines) is 2. The molecule has 0 bridgehead atoms. The third-order valence-corrected chi connectivity index (χ3v) is 4.81. The molecule has 2 aliphatic heterocycles. The van der Waals surface area contributed by atoms with Crippen LogP contribution in [0.2, 0.25) is 0 Å². The number of nitrogens with zero attached hydrogens (tertiary/aromatic N) is 3. The van der Waals surface area contributed by atoms with Gasteiger partial charge < -0.3 is 15.1 Å². The van der Waals surface area contributed by atoms with Gasteiger partial charge in [0, 0.05) is 33.2 Å². The first kappa shape index (κ1) is 15.6. The van der Waals surface area contributed by atoms with Crippen LogP contribution in [-0.2, 0) is 0 Å². The zero-order valence-electron chi connectivity index (χ0n) is 13.6. The minimum absolute atomic E-state index is 0.474. The lowest BCUT2D eigenvalue weighted by Gasteiger charge is -2.42.